The van der Waals surface area contributed by atoms with Gasteiger partial charge in [0.05, 0.1) is 0 Å². The lowest BCUT2D eigenvalue weighted by atomic mass is 9.97. The van der Waals surface area contributed by atoms with Crippen molar-refractivity contribution in [1.29, 1.82) is 0 Å². The highest BCUT2D eigenvalue weighted by molar-refractivity contribution is 5.49. The zero-order chi connectivity index (χ0) is 9.83. The molecule has 4 aliphatic rings. The molecule has 0 heterocycles. The summed E-state index contributed by atoms with van der Waals surface area (Å²) >= 11 is 0. The predicted molar refractivity (Wildman–Crippen MR) is 62.2 cm³/mol. The molecule has 76 valence electrons. The Balaban J connectivity index is 1.55. The molecule has 15 heavy (non-hydrogen) atoms. The summed E-state index contributed by atoms with van der Waals surface area (Å²) < 4.78 is 0. The minimum Gasteiger partial charge on any atom is -0.0802 e. The lowest BCUT2D eigenvalue weighted by Gasteiger charge is -2.08. The van der Waals surface area contributed by atoms with Gasteiger partial charge in [-0.15, -0.1) is 0 Å². The third-order valence-corrected chi connectivity index (χ3v) is 4.85. The van der Waals surface area contributed by atoms with Crippen molar-refractivity contribution in [2.75, 3.05) is 0 Å². The largest absolute Gasteiger partial charge is 0.0802 e. The van der Waals surface area contributed by atoms with Crippen LogP contribution in [-0.2, 0) is 0 Å². The van der Waals surface area contributed by atoms with Crippen molar-refractivity contribution in [3.05, 3.63) is 42.0 Å². The molecule has 0 nitrogen and oxygen atoms in total. The van der Waals surface area contributed by atoms with Crippen LogP contribution in [0.1, 0.15) is 18.4 Å². The molecule has 3 unspecified atom stereocenters. The molecule has 0 radical (unpaired) electrons. The lowest BCUT2D eigenvalue weighted by Crippen LogP contribution is -2.00. The van der Waals surface area contributed by atoms with Gasteiger partial charge in [-0.1, -0.05) is 42.5 Å². The molecule has 0 aromatic heterocycles. The first kappa shape index (κ1) is 8.15. The average molecular weight is 196 g/mol. The molecule has 4 aliphatic carbocycles. The fraction of sp³-hybridized carbons (Fsp3) is 0.467. The van der Waals surface area contributed by atoms with Crippen molar-refractivity contribution in [2.45, 2.75) is 12.8 Å². The van der Waals surface area contributed by atoms with Gasteiger partial charge in [0.25, 0.3) is 0 Å². The minimum atomic E-state index is 0.931. The fourth-order valence-electron chi connectivity index (χ4n) is 4.21. The number of hydrogen-bond donors (Lipinski definition) is 0. The van der Waals surface area contributed by atoms with E-state index in [9.17, 15) is 0 Å². The van der Waals surface area contributed by atoms with Crippen LogP contribution in [0.4, 0.5) is 0 Å². The van der Waals surface area contributed by atoms with Crippen LogP contribution in [-0.4, -0.2) is 0 Å². The molecule has 5 atom stereocenters. The fourth-order valence-corrected chi connectivity index (χ4v) is 4.21. The van der Waals surface area contributed by atoms with Gasteiger partial charge in [0, 0.05) is 0 Å². The van der Waals surface area contributed by atoms with E-state index in [1.807, 2.05) is 0 Å². The highest BCUT2D eigenvalue weighted by Crippen LogP contribution is 2.73. The first-order chi connectivity index (χ1) is 7.43. The van der Waals surface area contributed by atoms with Gasteiger partial charge in [0.15, 0.2) is 0 Å². The summed E-state index contributed by atoms with van der Waals surface area (Å²) in [6.45, 7) is 0. The highest BCUT2D eigenvalue weighted by Gasteiger charge is 2.67. The number of hydrogen-bond acceptors (Lipinski definition) is 0. The summed E-state index contributed by atoms with van der Waals surface area (Å²) in [5.41, 5.74) is 1.36. The van der Waals surface area contributed by atoms with Crippen LogP contribution in [0.3, 0.4) is 0 Å². The van der Waals surface area contributed by atoms with Crippen molar-refractivity contribution >= 4 is 6.08 Å². The molecule has 1 aromatic rings. The lowest BCUT2D eigenvalue weighted by molar-refractivity contribution is 0.500. The number of benzene rings is 1. The summed E-state index contributed by atoms with van der Waals surface area (Å²) in [6, 6.07) is 10.7. The Morgan fingerprint density at radius 1 is 1.00 bits per heavy atom. The summed E-state index contributed by atoms with van der Waals surface area (Å²) in [7, 11) is 0. The number of allylic oxidation sites excluding steroid dienone is 1. The van der Waals surface area contributed by atoms with Crippen molar-refractivity contribution in [1.82, 2.24) is 0 Å². The van der Waals surface area contributed by atoms with Gasteiger partial charge in [-0.25, -0.2) is 0 Å². The Morgan fingerprint density at radius 3 is 2.33 bits per heavy atom. The summed E-state index contributed by atoms with van der Waals surface area (Å²) in [5.74, 6) is 5.35. The Morgan fingerprint density at radius 2 is 1.73 bits per heavy atom. The van der Waals surface area contributed by atoms with Crippen LogP contribution < -0.4 is 0 Å². The van der Waals surface area contributed by atoms with E-state index in [1.54, 1.807) is 12.8 Å². The molecule has 0 spiro atoms. The number of rotatable bonds is 2. The van der Waals surface area contributed by atoms with E-state index in [1.165, 1.54) is 5.56 Å². The monoisotopic (exact) mass is 196 g/mol. The van der Waals surface area contributed by atoms with E-state index in [0.717, 1.165) is 29.6 Å². The molecule has 0 amide bonds. The van der Waals surface area contributed by atoms with E-state index in [0.29, 0.717) is 0 Å². The van der Waals surface area contributed by atoms with Crippen LogP contribution in [0.5, 0.6) is 0 Å². The first-order valence-corrected chi connectivity index (χ1v) is 6.17. The summed E-state index contributed by atoms with van der Waals surface area (Å²) in [6.07, 6.45) is 7.91. The molecule has 1 aromatic carbocycles. The quantitative estimate of drug-likeness (QED) is 0.678. The van der Waals surface area contributed by atoms with Crippen LogP contribution in [0, 0.1) is 29.6 Å². The second-order valence-corrected chi connectivity index (χ2v) is 5.48. The third kappa shape index (κ3) is 1.08. The third-order valence-electron chi connectivity index (χ3n) is 4.85. The average Bonchev–Trinajstić information content (AvgIpc) is 2.71. The van der Waals surface area contributed by atoms with E-state index < -0.39 is 0 Å². The molecule has 0 N–H and O–H groups in total. The normalized spacial score (nSPS) is 45.2. The van der Waals surface area contributed by atoms with Crippen molar-refractivity contribution in [2.24, 2.45) is 29.6 Å². The van der Waals surface area contributed by atoms with Gasteiger partial charge in [-0.2, -0.15) is 0 Å². The highest BCUT2D eigenvalue weighted by atomic mass is 14.7. The summed E-state index contributed by atoms with van der Waals surface area (Å²) in [4.78, 5) is 0. The maximum atomic E-state index is 2.50. The van der Waals surface area contributed by atoms with Crippen LogP contribution in [0.2, 0.25) is 0 Å². The predicted octanol–water partition coefficient (Wildman–Crippen LogP) is 3.60. The van der Waals surface area contributed by atoms with Gasteiger partial charge in [-0.05, 0) is 48.0 Å². The molecule has 4 fully saturated rings. The Hall–Kier alpha value is -1.04. The van der Waals surface area contributed by atoms with E-state index >= 15 is 0 Å². The molecular weight excluding hydrogens is 180 g/mol. The van der Waals surface area contributed by atoms with E-state index in [-0.39, 0.29) is 0 Å². The van der Waals surface area contributed by atoms with Crippen molar-refractivity contribution < 1.29 is 0 Å². The molecule has 4 bridgehead atoms. The van der Waals surface area contributed by atoms with Crippen molar-refractivity contribution in [3.8, 4) is 0 Å². The molecule has 4 saturated carbocycles. The Kier molecular flexibility index (Phi) is 1.49. The molecule has 5 rings (SSSR count). The summed E-state index contributed by atoms with van der Waals surface area (Å²) in [5, 5.41) is 0. The molecule has 0 heteroatoms. The SMILES string of the molecule is C(=C\[C@@H]1C2CC3C1[C@H]3C2)/c1ccccc1. The zero-order valence-electron chi connectivity index (χ0n) is 8.84. The van der Waals surface area contributed by atoms with Gasteiger partial charge < -0.3 is 0 Å². The second kappa shape index (κ2) is 2.75. The maximum Gasteiger partial charge on any atom is -0.0168 e. The van der Waals surface area contributed by atoms with Crippen LogP contribution in [0.15, 0.2) is 36.4 Å². The minimum absolute atomic E-state index is 0.931. The van der Waals surface area contributed by atoms with E-state index in [4.69, 9.17) is 0 Å². The second-order valence-electron chi connectivity index (χ2n) is 5.48. The topological polar surface area (TPSA) is 0 Å². The van der Waals surface area contributed by atoms with Crippen LogP contribution in [0.25, 0.3) is 6.08 Å². The van der Waals surface area contributed by atoms with Gasteiger partial charge in [-0.3, -0.25) is 0 Å². The van der Waals surface area contributed by atoms with Crippen molar-refractivity contribution in [3.63, 3.8) is 0 Å². The van der Waals surface area contributed by atoms with Gasteiger partial charge in [0.2, 0.25) is 0 Å². The first-order valence-electron chi connectivity index (χ1n) is 6.17. The molecule has 0 saturated heterocycles. The maximum absolute atomic E-state index is 2.50. The molecular formula is C15H16. The standard InChI is InChI=1S/C15H16/c1-2-4-10(5-3-1)6-7-12-11-8-13-14(9-11)15(12)13/h1-7,11-15H,8-9H2/b7-6+/t11?,12-,13+,14?,15?/m1/s1. The van der Waals surface area contributed by atoms with Gasteiger partial charge >= 0.3 is 0 Å². The smallest absolute Gasteiger partial charge is 0.0168 e. The Bertz CT molecular complexity index is 389. The van der Waals surface area contributed by atoms with E-state index in [2.05, 4.69) is 42.5 Å². The molecule has 0 aliphatic heterocycles. The Labute approximate surface area is 91.0 Å². The van der Waals surface area contributed by atoms with Crippen LogP contribution >= 0.6 is 0 Å². The van der Waals surface area contributed by atoms with Gasteiger partial charge in [0.1, 0.15) is 0 Å². The zero-order valence-corrected chi connectivity index (χ0v) is 8.84.